The summed E-state index contributed by atoms with van der Waals surface area (Å²) in [6.45, 7) is 13.4. The second-order valence-electron chi connectivity index (χ2n) is 11.3. The molecule has 2 aromatic heterocycles. The van der Waals surface area contributed by atoms with Crippen molar-refractivity contribution in [3.8, 4) is 0 Å². The van der Waals surface area contributed by atoms with Crippen molar-refractivity contribution in [3.05, 3.63) is 48.3 Å². The van der Waals surface area contributed by atoms with Gasteiger partial charge in [0.15, 0.2) is 0 Å². The molecular weight excluding hydrogens is 467 g/mol. The molecule has 0 spiro atoms. The van der Waals surface area contributed by atoms with E-state index in [2.05, 4.69) is 52.3 Å². The van der Waals surface area contributed by atoms with Crippen LogP contribution in [0.1, 0.15) is 46.1 Å². The maximum atomic E-state index is 15.5. The second kappa shape index (κ2) is 10.9. The number of fused-ring (bicyclic) bond motifs is 1. The number of urea groups is 1. The van der Waals surface area contributed by atoms with Crippen LogP contribution in [0.15, 0.2) is 42.8 Å². The van der Waals surface area contributed by atoms with E-state index in [0.29, 0.717) is 25.0 Å². The molecule has 200 valence electrons. The van der Waals surface area contributed by atoms with Gasteiger partial charge in [-0.15, -0.1) is 0 Å². The van der Waals surface area contributed by atoms with Crippen LogP contribution in [0.2, 0.25) is 0 Å². The van der Waals surface area contributed by atoms with E-state index in [9.17, 15) is 4.79 Å². The molecule has 3 unspecified atom stereocenters. The third kappa shape index (κ3) is 5.54. The Kier molecular flexibility index (Phi) is 7.56. The normalized spacial score (nSPS) is 25.3. The molecule has 0 aromatic carbocycles. The van der Waals surface area contributed by atoms with E-state index in [1.807, 2.05) is 41.7 Å². The van der Waals surface area contributed by atoms with E-state index >= 15 is 4.39 Å². The molecule has 2 aliphatic heterocycles. The third-order valence-electron chi connectivity index (χ3n) is 8.11. The first-order valence-corrected chi connectivity index (χ1v) is 13.9. The number of nitrogens with one attached hydrogen (secondary N) is 1. The van der Waals surface area contributed by atoms with Gasteiger partial charge in [-0.3, -0.25) is 0 Å². The monoisotopic (exact) mass is 508 g/mol. The molecule has 3 aliphatic rings. The zero-order valence-electron chi connectivity index (χ0n) is 22.6. The van der Waals surface area contributed by atoms with Gasteiger partial charge in [0.05, 0.1) is 11.2 Å². The molecule has 0 radical (unpaired) electrons. The maximum Gasteiger partial charge on any atom is 0.317 e. The predicted octanol–water partition coefficient (Wildman–Crippen LogP) is 4.60. The van der Waals surface area contributed by atoms with Crippen LogP contribution >= 0.6 is 0 Å². The molecule has 4 heterocycles. The van der Waals surface area contributed by atoms with Crippen LogP contribution in [0.5, 0.6) is 0 Å². The van der Waals surface area contributed by atoms with Gasteiger partial charge in [0.1, 0.15) is 6.17 Å². The molecule has 0 saturated carbocycles. The Morgan fingerprint density at radius 2 is 1.92 bits per heavy atom. The van der Waals surface area contributed by atoms with Crippen LogP contribution in [-0.2, 0) is 0 Å². The number of carbonyl (C=O) groups excluding carboxylic acids is 1. The van der Waals surface area contributed by atoms with Crippen molar-refractivity contribution in [2.24, 2.45) is 11.8 Å². The summed E-state index contributed by atoms with van der Waals surface area (Å²) in [5.41, 5.74) is 4.01. The Bertz CT molecular complexity index is 1160. The minimum atomic E-state index is -0.974. The molecular formula is C29H41FN6O. The summed E-state index contributed by atoms with van der Waals surface area (Å²) in [6.07, 6.45) is 11.1. The highest BCUT2D eigenvalue weighted by atomic mass is 19.1. The van der Waals surface area contributed by atoms with E-state index in [1.165, 1.54) is 0 Å². The van der Waals surface area contributed by atoms with Gasteiger partial charge in [-0.2, -0.15) is 5.10 Å². The van der Waals surface area contributed by atoms with Crippen LogP contribution in [0.3, 0.4) is 0 Å². The predicted molar refractivity (Wildman–Crippen MR) is 148 cm³/mol. The van der Waals surface area contributed by atoms with E-state index in [1.54, 1.807) is 6.08 Å². The van der Waals surface area contributed by atoms with E-state index in [0.717, 1.165) is 61.4 Å². The number of aromatic nitrogens is 2. The van der Waals surface area contributed by atoms with Crippen molar-refractivity contribution >= 4 is 22.8 Å². The Morgan fingerprint density at radius 1 is 1.14 bits per heavy atom. The molecule has 2 aromatic rings. The van der Waals surface area contributed by atoms with Crippen molar-refractivity contribution < 1.29 is 9.18 Å². The van der Waals surface area contributed by atoms with Crippen molar-refractivity contribution in [3.63, 3.8) is 0 Å². The SMILES string of the molecule is CC(C)NC(=O)N1CCN(c2ccnn3cc(C4=CC(F)C(C5CCCN(C(C)C)C5)C=C4)cc23)CC1. The summed E-state index contributed by atoms with van der Waals surface area (Å²) in [5, 5.41) is 7.50. The number of likely N-dealkylation sites (tertiary alicyclic amines) is 1. The highest BCUT2D eigenvalue weighted by Crippen LogP contribution is 2.36. The number of rotatable bonds is 5. The lowest BCUT2D eigenvalue weighted by Gasteiger charge is -2.39. The fourth-order valence-corrected chi connectivity index (χ4v) is 6.01. The molecule has 5 rings (SSSR count). The second-order valence-corrected chi connectivity index (χ2v) is 11.3. The summed E-state index contributed by atoms with van der Waals surface area (Å²) in [5.74, 6) is 0.308. The van der Waals surface area contributed by atoms with Crippen LogP contribution in [0, 0.1) is 11.8 Å². The first-order chi connectivity index (χ1) is 17.8. The number of piperazine rings is 1. The summed E-state index contributed by atoms with van der Waals surface area (Å²) < 4.78 is 17.4. The molecule has 37 heavy (non-hydrogen) atoms. The van der Waals surface area contributed by atoms with Crippen LogP contribution < -0.4 is 10.2 Å². The summed E-state index contributed by atoms with van der Waals surface area (Å²) >= 11 is 0. The van der Waals surface area contributed by atoms with Gasteiger partial charge >= 0.3 is 6.03 Å². The van der Waals surface area contributed by atoms with Crippen LogP contribution in [-0.4, -0.2) is 83.0 Å². The zero-order valence-corrected chi connectivity index (χ0v) is 22.6. The largest absolute Gasteiger partial charge is 0.366 e. The van der Waals surface area contributed by atoms with Gasteiger partial charge in [0.25, 0.3) is 0 Å². The number of alkyl halides is 1. The topological polar surface area (TPSA) is 56.1 Å². The van der Waals surface area contributed by atoms with Crippen molar-refractivity contribution in [2.75, 3.05) is 44.2 Å². The number of carbonyl (C=O) groups is 1. The van der Waals surface area contributed by atoms with Gasteiger partial charge in [0.2, 0.25) is 0 Å². The Balaban J connectivity index is 1.29. The van der Waals surface area contributed by atoms with Gasteiger partial charge < -0.3 is 20.0 Å². The van der Waals surface area contributed by atoms with E-state index in [4.69, 9.17) is 0 Å². The Hall–Kier alpha value is -2.87. The summed E-state index contributed by atoms with van der Waals surface area (Å²) in [6, 6.07) is 4.79. The average Bonchev–Trinajstić information content (AvgIpc) is 3.33. The first kappa shape index (κ1) is 25.8. The van der Waals surface area contributed by atoms with Crippen molar-refractivity contribution in [1.82, 2.24) is 24.7 Å². The van der Waals surface area contributed by atoms with Gasteiger partial charge in [0, 0.05) is 68.7 Å². The summed E-state index contributed by atoms with van der Waals surface area (Å²) in [7, 11) is 0. The number of amides is 2. The van der Waals surface area contributed by atoms with Gasteiger partial charge in [-0.05, 0) is 76.8 Å². The Morgan fingerprint density at radius 3 is 2.62 bits per heavy atom. The maximum absolute atomic E-state index is 15.5. The molecule has 2 fully saturated rings. The molecule has 1 aliphatic carbocycles. The number of anilines is 1. The molecule has 8 heteroatoms. The highest BCUT2D eigenvalue weighted by molar-refractivity contribution is 5.83. The number of nitrogens with zero attached hydrogens (tertiary/aromatic N) is 5. The van der Waals surface area contributed by atoms with Crippen LogP contribution in [0.25, 0.3) is 11.1 Å². The number of hydrogen-bond donors (Lipinski definition) is 1. The average molecular weight is 509 g/mol. The standard InChI is InChI=1S/C29H41FN6O/c1-20(2)32-29(37)34-14-12-33(13-15-34)27-9-10-31-36-19-24(17-28(27)36)22-7-8-25(26(30)16-22)23-6-5-11-35(18-23)21(3)4/h7-10,16-17,19-21,23,25-26H,5-6,11-15,18H2,1-4H3,(H,32,37). The van der Waals surface area contributed by atoms with Crippen LogP contribution in [0.4, 0.5) is 14.9 Å². The smallest absolute Gasteiger partial charge is 0.317 e. The fourth-order valence-electron chi connectivity index (χ4n) is 6.01. The molecule has 0 bridgehead atoms. The number of piperidine rings is 1. The quantitative estimate of drug-likeness (QED) is 0.641. The Labute approximate surface area is 220 Å². The lowest BCUT2D eigenvalue weighted by atomic mass is 9.79. The zero-order chi connectivity index (χ0) is 26.1. The summed E-state index contributed by atoms with van der Waals surface area (Å²) in [4.78, 5) is 19.0. The molecule has 7 nitrogen and oxygen atoms in total. The molecule has 2 saturated heterocycles. The van der Waals surface area contributed by atoms with Crippen molar-refractivity contribution in [2.45, 2.75) is 58.8 Å². The van der Waals surface area contributed by atoms with Gasteiger partial charge in [-0.1, -0.05) is 12.2 Å². The number of halogens is 1. The molecule has 2 amide bonds. The minimum absolute atomic E-state index is 0.000239. The molecule has 1 N–H and O–H groups in total. The van der Waals surface area contributed by atoms with Crippen molar-refractivity contribution in [1.29, 1.82) is 0 Å². The highest BCUT2D eigenvalue weighted by Gasteiger charge is 2.33. The van der Waals surface area contributed by atoms with Gasteiger partial charge in [-0.25, -0.2) is 13.7 Å². The number of hydrogen-bond acceptors (Lipinski definition) is 4. The fraction of sp³-hybridized carbons (Fsp3) is 0.586. The first-order valence-electron chi connectivity index (χ1n) is 13.9. The van der Waals surface area contributed by atoms with E-state index < -0.39 is 6.17 Å². The third-order valence-corrected chi connectivity index (χ3v) is 8.11. The molecule has 3 atom stereocenters. The lowest BCUT2D eigenvalue weighted by Crippen LogP contribution is -2.53. The minimum Gasteiger partial charge on any atom is -0.366 e. The lowest BCUT2D eigenvalue weighted by molar-refractivity contribution is 0.0992. The van der Waals surface area contributed by atoms with E-state index in [-0.39, 0.29) is 18.0 Å². The number of allylic oxidation sites excluding steroid dienone is 4.